The van der Waals surface area contributed by atoms with E-state index in [4.69, 9.17) is 0 Å². The smallest absolute Gasteiger partial charge is 0.272 e. The Morgan fingerprint density at radius 1 is 1.17 bits per heavy atom. The topological polar surface area (TPSA) is 112 Å². The third-order valence-electron chi connectivity index (χ3n) is 4.72. The van der Waals surface area contributed by atoms with Crippen LogP contribution in [0.3, 0.4) is 0 Å². The molecule has 3 N–H and O–H groups in total. The van der Waals surface area contributed by atoms with Crippen molar-refractivity contribution in [2.24, 2.45) is 5.10 Å². The van der Waals surface area contributed by atoms with Crippen molar-refractivity contribution in [1.82, 2.24) is 20.0 Å². The van der Waals surface area contributed by atoms with Gasteiger partial charge in [-0.2, -0.15) is 5.10 Å². The van der Waals surface area contributed by atoms with Crippen LogP contribution in [0.5, 0.6) is 0 Å². The molecule has 0 fully saturated rings. The maximum Gasteiger partial charge on any atom is 0.272 e. The number of aromatic nitrogens is 3. The zero-order valence-electron chi connectivity index (χ0n) is 15.2. The standard InChI is InChI=1S/C20H14N6O2S/c1-10-18(29-26-24-10)20(28)22-12-7-13-16-14(9-21-25-19(13)27)17(23-15(16)8-12)11-5-3-2-4-6-11/h2-9,23H,1H3,(H,22,28)(H,25,27). The second-order valence-corrected chi connectivity index (χ2v) is 7.32. The summed E-state index contributed by atoms with van der Waals surface area (Å²) in [5.74, 6) is -0.653. The van der Waals surface area contributed by atoms with Crippen LogP contribution >= 0.6 is 11.5 Å². The van der Waals surface area contributed by atoms with Crippen molar-refractivity contribution in [3.63, 3.8) is 0 Å². The first-order valence-electron chi connectivity index (χ1n) is 8.80. The number of aromatic amines is 1. The molecule has 3 heterocycles. The van der Waals surface area contributed by atoms with E-state index in [1.807, 2.05) is 36.4 Å². The minimum atomic E-state index is -0.338. The maximum absolute atomic E-state index is 12.6. The number of benzene rings is 2. The van der Waals surface area contributed by atoms with Gasteiger partial charge in [-0.1, -0.05) is 34.8 Å². The number of H-pyrrole nitrogens is 1. The highest BCUT2D eigenvalue weighted by Gasteiger charge is 2.23. The van der Waals surface area contributed by atoms with Crippen molar-refractivity contribution in [3.05, 3.63) is 64.2 Å². The zero-order valence-corrected chi connectivity index (χ0v) is 16.0. The molecular weight excluding hydrogens is 388 g/mol. The third kappa shape index (κ3) is 2.88. The number of nitrogens with one attached hydrogen (secondary N) is 3. The van der Waals surface area contributed by atoms with E-state index in [0.717, 1.165) is 39.3 Å². The summed E-state index contributed by atoms with van der Waals surface area (Å²) < 4.78 is 3.79. The Bertz CT molecular complexity index is 1310. The van der Waals surface area contributed by atoms with Gasteiger partial charge in [0, 0.05) is 22.2 Å². The molecule has 29 heavy (non-hydrogen) atoms. The lowest BCUT2D eigenvalue weighted by atomic mass is 10.0. The molecule has 0 spiro atoms. The lowest BCUT2D eigenvalue weighted by Crippen LogP contribution is -2.17. The predicted molar refractivity (Wildman–Crippen MR) is 111 cm³/mol. The van der Waals surface area contributed by atoms with Crippen LogP contribution in [0.25, 0.3) is 22.2 Å². The Morgan fingerprint density at radius 2 is 2.00 bits per heavy atom. The number of hydrogen-bond donors (Lipinski definition) is 3. The first-order valence-corrected chi connectivity index (χ1v) is 9.58. The fourth-order valence-electron chi connectivity index (χ4n) is 3.41. The van der Waals surface area contributed by atoms with Gasteiger partial charge in [-0.3, -0.25) is 9.59 Å². The van der Waals surface area contributed by atoms with Crippen LogP contribution in [0.15, 0.2) is 47.6 Å². The van der Waals surface area contributed by atoms with Gasteiger partial charge in [0.25, 0.3) is 11.8 Å². The Kier molecular flexibility index (Phi) is 3.95. The van der Waals surface area contributed by atoms with E-state index in [9.17, 15) is 9.59 Å². The van der Waals surface area contributed by atoms with Gasteiger partial charge < -0.3 is 10.3 Å². The highest BCUT2D eigenvalue weighted by molar-refractivity contribution is 7.08. The average molecular weight is 402 g/mol. The van der Waals surface area contributed by atoms with Crippen LogP contribution < -0.4 is 10.7 Å². The van der Waals surface area contributed by atoms with Crippen LogP contribution in [-0.4, -0.2) is 32.6 Å². The number of rotatable bonds is 3. The van der Waals surface area contributed by atoms with Gasteiger partial charge in [-0.25, -0.2) is 5.43 Å². The molecule has 4 aromatic rings. The van der Waals surface area contributed by atoms with Crippen LogP contribution in [0.4, 0.5) is 5.69 Å². The highest BCUT2D eigenvalue weighted by atomic mass is 32.1. The van der Waals surface area contributed by atoms with Gasteiger partial charge in [-0.15, -0.1) is 5.10 Å². The summed E-state index contributed by atoms with van der Waals surface area (Å²) in [5.41, 5.74) is 7.39. The van der Waals surface area contributed by atoms with E-state index in [2.05, 4.69) is 30.4 Å². The molecule has 142 valence electrons. The van der Waals surface area contributed by atoms with Crippen molar-refractivity contribution in [1.29, 1.82) is 0 Å². The van der Waals surface area contributed by atoms with Crippen LogP contribution in [0.2, 0.25) is 0 Å². The number of aryl methyl sites for hydroxylation is 1. The molecule has 0 saturated heterocycles. The number of amides is 2. The normalized spacial score (nSPS) is 12.7. The van der Waals surface area contributed by atoms with E-state index < -0.39 is 0 Å². The van der Waals surface area contributed by atoms with Gasteiger partial charge in [-0.05, 0) is 36.2 Å². The second kappa shape index (κ2) is 6.64. The minimum absolute atomic E-state index is 0.315. The predicted octanol–water partition coefficient (Wildman–Crippen LogP) is 3.32. The number of hydrogen-bond acceptors (Lipinski definition) is 6. The van der Waals surface area contributed by atoms with E-state index in [1.165, 1.54) is 0 Å². The van der Waals surface area contributed by atoms with Crippen molar-refractivity contribution in [2.45, 2.75) is 6.92 Å². The SMILES string of the molecule is Cc1nnsc1C(=O)Nc1cc2c3c(c(-c4ccccc4)[nH]c3c1)C=NNC2=O. The van der Waals surface area contributed by atoms with Crippen molar-refractivity contribution in [3.8, 4) is 11.3 Å². The summed E-state index contributed by atoms with van der Waals surface area (Å²) in [4.78, 5) is 29.0. The molecule has 2 aromatic heterocycles. The molecule has 9 heteroatoms. The van der Waals surface area contributed by atoms with Gasteiger partial charge in [0.2, 0.25) is 0 Å². The summed E-state index contributed by atoms with van der Waals surface area (Å²) >= 11 is 1.03. The molecule has 0 saturated carbocycles. The first kappa shape index (κ1) is 17.3. The second-order valence-electron chi connectivity index (χ2n) is 6.57. The summed E-state index contributed by atoms with van der Waals surface area (Å²) in [7, 11) is 0. The number of anilines is 1. The summed E-state index contributed by atoms with van der Waals surface area (Å²) in [6.45, 7) is 1.73. The Labute approximate surface area is 168 Å². The molecule has 0 aliphatic carbocycles. The summed E-state index contributed by atoms with van der Waals surface area (Å²) in [6, 6.07) is 13.3. The molecule has 0 atom stereocenters. The van der Waals surface area contributed by atoms with E-state index in [0.29, 0.717) is 21.8 Å². The monoisotopic (exact) mass is 402 g/mol. The molecule has 2 amide bonds. The maximum atomic E-state index is 12.6. The fourth-order valence-corrected chi connectivity index (χ4v) is 3.97. The van der Waals surface area contributed by atoms with E-state index in [1.54, 1.807) is 19.2 Å². The van der Waals surface area contributed by atoms with Gasteiger partial charge in [0.1, 0.15) is 4.88 Å². The number of carbonyl (C=O) groups excluding carboxylic acids is 2. The Balaban J connectivity index is 1.66. The minimum Gasteiger partial charge on any atom is -0.354 e. The van der Waals surface area contributed by atoms with E-state index in [-0.39, 0.29) is 11.8 Å². The molecular formula is C20H14N6O2S. The Morgan fingerprint density at radius 3 is 2.76 bits per heavy atom. The molecule has 1 aliphatic heterocycles. The lowest BCUT2D eigenvalue weighted by Gasteiger charge is -2.07. The lowest BCUT2D eigenvalue weighted by molar-refractivity contribution is 0.0955. The quantitative estimate of drug-likeness (QED) is 0.488. The summed E-state index contributed by atoms with van der Waals surface area (Å²) in [5, 5.41) is 11.5. The number of carbonyl (C=O) groups is 2. The fraction of sp³-hybridized carbons (Fsp3) is 0.0500. The molecule has 8 nitrogen and oxygen atoms in total. The highest BCUT2D eigenvalue weighted by Crippen LogP contribution is 2.34. The average Bonchev–Trinajstić information content (AvgIpc) is 3.27. The molecule has 1 aliphatic rings. The Hall–Kier alpha value is -3.85. The van der Waals surface area contributed by atoms with Gasteiger partial charge in [0.05, 0.1) is 23.2 Å². The molecule has 0 radical (unpaired) electrons. The van der Waals surface area contributed by atoms with Crippen LogP contribution in [0.1, 0.15) is 31.3 Å². The van der Waals surface area contributed by atoms with Gasteiger partial charge >= 0.3 is 0 Å². The first-order chi connectivity index (χ1) is 14.1. The third-order valence-corrected chi connectivity index (χ3v) is 5.55. The molecule has 5 rings (SSSR count). The van der Waals surface area contributed by atoms with Crippen molar-refractivity contribution >= 4 is 46.2 Å². The van der Waals surface area contributed by atoms with Crippen LogP contribution in [0, 0.1) is 6.92 Å². The van der Waals surface area contributed by atoms with Crippen molar-refractivity contribution < 1.29 is 9.59 Å². The summed E-state index contributed by atoms with van der Waals surface area (Å²) in [6.07, 6.45) is 1.64. The molecule has 0 unspecified atom stereocenters. The van der Waals surface area contributed by atoms with Crippen molar-refractivity contribution in [2.75, 3.05) is 5.32 Å². The van der Waals surface area contributed by atoms with Crippen LogP contribution in [-0.2, 0) is 0 Å². The largest absolute Gasteiger partial charge is 0.354 e. The molecule has 2 aromatic carbocycles. The van der Waals surface area contributed by atoms with Gasteiger partial charge in [0.15, 0.2) is 0 Å². The molecule has 0 bridgehead atoms. The number of hydrazone groups is 1. The van der Waals surface area contributed by atoms with E-state index >= 15 is 0 Å². The number of nitrogens with zero attached hydrogens (tertiary/aromatic N) is 3. The zero-order chi connectivity index (χ0) is 20.0.